The Hall–Kier alpha value is -4.65. The number of rotatable bonds is 7. The summed E-state index contributed by atoms with van der Waals surface area (Å²) in [4.78, 5) is 31.5. The smallest absolute Gasteiger partial charge is 0.296 e. The third-order valence-corrected chi connectivity index (χ3v) is 6.07. The Morgan fingerprint density at radius 2 is 1.78 bits per heavy atom. The molecule has 2 aromatic heterocycles. The highest BCUT2D eigenvalue weighted by Gasteiger charge is 2.47. The average Bonchev–Trinajstić information content (AvgIpc) is 3.51. The van der Waals surface area contributed by atoms with Gasteiger partial charge in [-0.25, -0.2) is 0 Å². The Morgan fingerprint density at radius 1 is 1.00 bits per heavy atom. The van der Waals surface area contributed by atoms with E-state index in [1.165, 1.54) is 11.2 Å². The van der Waals surface area contributed by atoms with Gasteiger partial charge in [0.05, 0.1) is 11.8 Å². The zero-order valence-electron chi connectivity index (χ0n) is 19.6. The summed E-state index contributed by atoms with van der Waals surface area (Å²) in [5.41, 5.74) is 3.39. The van der Waals surface area contributed by atoms with Crippen molar-refractivity contribution in [2.75, 3.05) is 0 Å². The Balaban J connectivity index is 1.43. The molecule has 7 nitrogen and oxygen atoms in total. The van der Waals surface area contributed by atoms with E-state index in [2.05, 4.69) is 11.1 Å². The number of likely N-dealkylation sites (tertiary alicyclic amines) is 1. The zero-order chi connectivity index (χ0) is 25.1. The molecule has 1 aliphatic rings. The number of ketones is 1. The van der Waals surface area contributed by atoms with Crippen molar-refractivity contribution in [2.24, 2.45) is 0 Å². The first-order chi connectivity index (χ1) is 17.5. The lowest BCUT2D eigenvalue weighted by atomic mass is 9.99. The fourth-order valence-electron chi connectivity index (χ4n) is 4.30. The second-order valence-corrected chi connectivity index (χ2v) is 8.60. The van der Waals surface area contributed by atoms with Crippen LogP contribution in [-0.2, 0) is 22.7 Å². The van der Waals surface area contributed by atoms with Gasteiger partial charge in [-0.05, 0) is 66.6 Å². The van der Waals surface area contributed by atoms with E-state index in [0.29, 0.717) is 23.7 Å². The SMILES string of the molecule is Cc1cccc(COc2ccc(/C(O)=C3/C(=O)C(=O)N(Cc4ccncc4)C3c3ccco3)cc2)c1. The number of aryl methyl sites for hydroxylation is 1. The van der Waals surface area contributed by atoms with Crippen LogP contribution in [0.1, 0.15) is 34.1 Å². The van der Waals surface area contributed by atoms with Gasteiger partial charge in [-0.1, -0.05) is 29.8 Å². The van der Waals surface area contributed by atoms with Gasteiger partial charge in [-0.3, -0.25) is 14.6 Å². The average molecular weight is 481 g/mol. The zero-order valence-corrected chi connectivity index (χ0v) is 19.6. The number of carbonyl (C=O) groups excluding carboxylic acids is 2. The summed E-state index contributed by atoms with van der Waals surface area (Å²) in [5.74, 6) is -0.718. The second kappa shape index (κ2) is 9.92. The molecular formula is C29H24N2O5. The number of Topliss-reactive ketones (excluding diaryl/α,β-unsaturated/α-hetero) is 1. The number of ether oxygens (including phenoxy) is 1. The lowest BCUT2D eigenvalue weighted by Crippen LogP contribution is -2.29. The van der Waals surface area contributed by atoms with Crippen molar-refractivity contribution in [2.45, 2.75) is 26.1 Å². The van der Waals surface area contributed by atoms with Crippen LogP contribution in [0.5, 0.6) is 5.75 Å². The Bertz CT molecular complexity index is 1410. The van der Waals surface area contributed by atoms with Crippen molar-refractivity contribution in [1.82, 2.24) is 9.88 Å². The van der Waals surface area contributed by atoms with Crippen LogP contribution in [0.2, 0.25) is 0 Å². The molecule has 180 valence electrons. The van der Waals surface area contributed by atoms with Crippen molar-refractivity contribution in [3.8, 4) is 5.75 Å². The maximum absolute atomic E-state index is 13.1. The monoisotopic (exact) mass is 480 g/mol. The Morgan fingerprint density at radius 3 is 2.47 bits per heavy atom. The number of aromatic nitrogens is 1. The predicted octanol–water partition coefficient (Wildman–Crippen LogP) is 5.18. The summed E-state index contributed by atoms with van der Waals surface area (Å²) >= 11 is 0. The first kappa shape index (κ1) is 23.1. The fourth-order valence-corrected chi connectivity index (χ4v) is 4.30. The molecule has 0 radical (unpaired) electrons. The van der Waals surface area contributed by atoms with Crippen LogP contribution in [0.4, 0.5) is 0 Å². The minimum atomic E-state index is -0.856. The topological polar surface area (TPSA) is 92.9 Å². The van der Waals surface area contributed by atoms with Crippen LogP contribution >= 0.6 is 0 Å². The molecule has 0 aliphatic carbocycles. The first-order valence-electron chi connectivity index (χ1n) is 11.5. The highest BCUT2D eigenvalue weighted by molar-refractivity contribution is 6.46. The van der Waals surface area contributed by atoms with Gasteiger partial charge in [-0.2, -0.15) is 0 Å². The molecule has 1 saturated heterocycles. The lowest BCUT2D eigenvalue weighted by Gasteiger charge is -2.23. The molecule has 1 amide bonds. The number of benzene rings is 2. The van der Waals surface area contributed by atoms with Gasteiger partial charge >= 0.3 is 0 Å². The van der Waals surface area contributed by atoms with Gasteiger partial charge < -0.3 is 19.2 Å². The molecule has 0 bridgehead atoms. The molecule has 36 heavy (non-hydrogen) atoms. The van der Waals surface area contributed by atoms with Crippen LogP contribution < -0.4 is 4.74 Å². The van der Waals surface area contributed by atoms with Gasteiger partial charge in [0.1, 0.15) is 29.9 Å². The minimum Gasteiger partial charge on any atom is -0.507 e. The van der Waals surface area contributed by atoms with Crippen molar-refractivity contribution >= 4 is 17.4 Å². The standard InChI is InChI=1S/C29H24N2O5/c1-19-4-2-5-21(16-19)18-36-23-9-7-22(8-10-23)27(32)25-26(24-6-3-15-35-24)31(29(34)28(25)33)17-20-11-13-30-14-12-20/h2-16,26,32H,17-18H2,1H3/b27-25-. The van der Waals surface area contributed by atoms with Gasteiger partial charge in [0.15, 0.2) is 0 Å². The largest absolute Gasteiger partial charge is 0.507 e. The van der Waals surface area contributed by atoms with Crippen molar-refractivity contribution in [1.29, 1.82) is 0 Å². The van der Waals surface area contributed by atoms with E-state index in [0.717, 1.165) is 16.7 Å². The molecule has 3 heterocycles. The first-order valence-corrected chi connectivity index (χ1v) is 11.5. The predicted molar refractivity (Wildman–Crippen MR) is 133 cm³/mol. The van der Waals surface area contributed by atoms with E-state index in [4.69, 9.17) is 9.15 Å². The normalized spacial score (nSPS) is 16.9. The number of aliphatic hydroxyl groups excluding tert-OH is 1. The highest BCUT2D eigenvalue weighted by Crippen LogP contribution is 2.40. The van der Waals surface area contributed by atoms with E-state index in [1.807, 2.05) is 25.1 Å². The quantitative estimate of drug-likeness (QED) is 0.222. The minimum absolute atomic E-state index is 0.0163. The summed E-state index contributed by atoms with van der Waals surface area (Å²) in [6, 6.07) is 20.9. The molecule has 5 rings (SSSR count). The van der Waals surface area contributed by atoms with Crippen LogP contribution in [0.15, 0.2) is 101 Å². The maximum atomic E-state index is 13.1. The van der Waals surface area contributed by atoms with Crippen LogP contribution in [0.3, 0.4) is 0 Å². The second-order valence-electron chi connectivity index (χ2n) is 8.60. The number of amides is 1. The molecule has 1 fully saturated rings. The Kier molecular flexibility index (Phi) is 6.36. The van der Waals surface area contributed by atoms with Crippen molar-refractivity contribution in [3.05, 3.63) is 125 Å². The fraction of sp³-hybridized carbons (Fsp3) is 0.138. The van der Waals surface area contributed by atoms with Gasteiger partial charge in [0, 0.05) is 24.5 Å². The van der Waals surface area contributed by atoms with E-state index in [1.54, 1.807) is 60.9 Å². The number of furan rings is 1. The van der Waals surface area contributed by atoms with E-state index >= 15 is 0 Å². The summed E-state index contributed by atoms with van der Waals surface area (Å²) in [6.07, 6.45) is 4.72. The lowest BCUT2D eigenvalue weighted by molar-refractivity contribution is -0.140. The molecular weight excluding hydrogens is 456 g/mol. The number of hydrogen-bond acceptors (Lipinski definition) is 6. The van der Waals surface area contributed by atoms with E-state index < -0.39 is 17.7 Å². The van der Waals surface area contributed by atoms with Crippen LogP contribution in [0, 0.1) is 6.92 Å². The summed E-state index contributed by atoms with van der Waals surface area (Å²) in [5, 5.41) is 11.2. The maximum Gasteiger partial charge on any atom is 0.296 e. The van der Waals surface area contributed by atoms with Gasteiger partial charge in [0.2, 0.25) is 0 Å². The van der Waals surface area contributed by atoms with Gasteiger partial charge in [-0.15, -0.1) is 0 Å². The van der Waals surface area contributed by atoms with Crippen molar-refractivity contribution in [3.63, 3.8) is 0 Å². The highest BCUT2D eigenvalue weighted by atomic mass is 16.5. The summed E-state index contributed by atoms with van der Waals surface area (Å²) in [6.45, 7) is 2.60. The number of hydrogen-bond donors (Lipinski definition) is 1. The van der Waals surface area contributed by atoms with E-state index in [9.17, 15) is 14.7 Å². The van der Waals surface area contributed by atoms with Crippen LogP contribution in [-0.4, -0.2) is 26.7 Å². The van der Waals surface area contributed by atoms with Crippen LogP contribution in [0.25, 0.3) is 5.76 Å². The molecule has 1 N–H and O–H groups in total. The molecule has 1 atom stereocenters. The summed E-state index contributed by atoms with van der Waals surface area (Å²) < 4.78 is 11.4. The third-order valence-electron chi connectivity index (χ3n) is 6.07. The molecule has 7 heteroatoms. The number of pyridine rings is 1. The van der Waals surface area contributed by atoms with E-state index in [-0.39, 0.29) is 17.9 Å². The molecule has 4 aromatic rings. The molecule has 2 aromatic carbocycles. The Labute approximate surface area is 208 Å². The third kappa shape index (κ3) is 4.63. The number of carbonyl (C=O) groups is 2. The molecule has 0 saturated carbocycles. The van der Waals surface area contributed by atoms with Crippen molar-refractivity contribution < 1.29 is 23.8 Å². The molecule has 1 aliphatic heterocycles. The number of nitrogens with zero attached hydrogens (tertiary/aromatic N) is 2. The summed E-state index contributed by atoms with van der Waals surface area (Å²) in [7, 11) is 0. The number of aliphatic hydroxyl groups is 1. The van der Waals surface area contributed by atoms with Gasteiger partial charge in [0.25, 0.3) is 11.7 Å². The molecule has 0 spiro atoms. The molecule has 1 unspecified atom stereocenters.